The fourth-order valence-corrected chi connectivity index (χ4v) is 7.20. The van der Waals surface area contributed by atoms with E-state index in [-0.39, 0.29) is 69.6 Å². The Morgan fingerprint density at radius 3 is 1.05 bits per heavy atom. The molecule has 0 N–H and O–H groups in total. The van der Waals surface area contributed by atoms with Gasteiger partial charge in [0.2, 0.25) is 0 Å². The molecule has 0 saturated carbocycles. The Balaban J connectivity index is 5.98. The predicted octanol–water partition coefficient (Wildman–Crippen LogP) is 12.0. The Hall–Kier alpha value is -2.16. The highest BCUT2D eigenvalue weighted by atomic mass is 16.6. The summed E-state index contributed by atoms with van der Waals surface area (Å²) >= 11 is 0. The Labute approximate surface area is 344 Å². The fraction of sp³-hybridized carbons (Fsp3) is 0.915. The first-order valence-corrected chi connectivity index (χ1v) is 23.3. The van der Waals surface area contributed by atoms with Gasteiger partial charge in [0.15, 0.2) is 0 Å². The summed E-state index contributed by atoms with van der Waals surface area (Å²) in [5, 5.41) is 0. The minimum atomic E-state index is -1.21. The molecule has 0 saturated heterocycles. The van der Waals surface area contributed by atoms with E-state index in [1.807, 2.05) is 14.1 Å². The normalized spacial score (nSPS) is 13.1. The lowest BCUT2D eigenvalue weighted by Crippen LogP contribution is -2.44. The molecule has 0 aliphatic heterocycles. The molecule has 0 spiro atoms. The fourth-order valence-electron chi connectivity index (χ4n) is 7.20. The maximum absolute atomic E-state index is 13.5. The van der Waals surface area contributed by atoms with Crippen molar-refractivity contribution in [2.24, 2.45) is 17.3 Å². The third-order valence-electron chi connectivity index (χ3n) is 11.0. The van der Waals surface area contributed by atoms with Crippen LogP contribution in [0.25, 0.3) is 0 Å². The van der Waals surface area contributed by atoms with E-state index in [1.54, 1.807) is 0 Å². The molecule has 0 amide bonds. The van der Waals surface area contributed by atoms with Crippen molar-refractivity contribution in [2.75, 3.05) is 47.1 Å². The number of carbonyl (C=O) groups is 4. The molecular weight excluding hydrogens is 707 g/mol. The lowest BCUT2D eigenvalue weighted by Gasteiger charge is -2.32. The summed E-state index contributed by atoms with van der Waals surface area (Å²) in [6.07, 6.45) is 26.3. The van der Waals surface area contributed by atoms with Crippen LogP contribution in [0.3, 0.4) is 0 Å². The molecule has 0 aromatic carbocycles. The highest BCUT2D eigenvalue weighted by Gasteiger charge is 2.38. The molecule has 9 heteroatoms. The summed E-state index contributed by atoms with van der Waals surface area (Å²) in [6.45, 7) is 11.3. The third kappa shape index (κ3) is 30.9. The van der Waals surface area contributed by atoms with Gasteiger partial charge in [0.1, 0.15) is 31.8 Å². The number of ether oxygens (including phenoxy) is 4. The van der Waals surface area contributed by atoms with Crippen LogP contribution in [-0.4, -0.2) is 75.8 Å². The monoisotopic (exact) mass is 796 g/mol. The number of nitrogens with zero attached hydrogens (tertiary/aromatic N) is 1. The molecule has 0 heterocycles. The van der Waals surface area contributed by atoms with E-state index in [0.29, 0.717) is 24.7 Å². The summed E-state index contributed by atoms with van der Waals surface area (Å²) in [6, 6.07) is 0. The first-order valence-electron chi connectivity index (χ1n) is 23.3. The Kier molecular flexibility index (Phi) is 35.7. The zero-order valence-electron chi connectivity index (χ0n) is 37.7. The summed E-state index contributed by atoms with van der Waals surface area (Å²) in [5.74, 6) is -0.335. The van der Waals surface area contributed by atoms with Gasteiger partial charge in [-0.1, -0.05) is 157 Å². The average Bonchev–Trinajstić information content (AvgIpc) is 3.18. The van der Waals surface area contributed by atoms with Crippen LogP contribution in [0.15, 0.2) is 0 Å². The molecule has 0 radical (unpaired) electrons. The lowest BCUT2D eigenvalue weighted by molar-refractivity contribution is -0.171. The lowest BCUT2D eigenvalue weighted by atomic mass is 9.79. The molecule has 0 bridgehead atoms. The Morgan fingerprint density at radius 2 is 0.696 bits per heavy atom. The van der Waals surface area contributed by atoms with Crippen LogP contribution in [0.2, 0.25) is 0 Å². The van der Waals surface area contributed by atoms with Crippen molar-refractivity contribution in [3.8, 4) is 0 Å². The molecule has 9 nitrogen and oxygen atoms in total. The number of hydrogen-bond acceptors (Lipinski definition) is 9. The SMILES string of the molecule is CCCCCCCCC(=O)OCC(COC(=O)CCCCCCC)(COC(=O)CCCCCN(C)C)COC(=O)CCC(CCCC)C(CCCC)CCCC. The quantitative estimate of drug-likeness (QED) is 0.0340. The van der Waals surface area contributed by atoms with E-state index in [9.17, 15) is 19.2 Å². The molecule has 56 heavy (non-hydrogen) atoms. The van der Waals surface area contributed by atoms with E-state index in [0.717, 1.165) is 109 Å². The molecule has 330 valence electrons. The zero-order valence-corrected chi connectivity index (χ0v) is 37.7. The van der Waals surface area contributed by atoms with Gasteiger partial charge < -0.3 is 23.8 Å². The van der Waals surface area contributed by atoms with E-state index in [4.69, 9.17) is 18.9 Å². The summed E-state index contributed by atoms with van der Waals surface area (Å²) in [5.41, 5.74) is -1.21. The summed E-state index contributed by atoms with van der Waals surface area (Å²) in [7, 11) is 4.06. The topological polar surface area (TPSA) is 108 Å². The van der Waals surface area contributed by atoms with Crippen molar-refractivity contribution in [1.29, 1.82) is 0 Å². The van der Waals surface area contributed by atoms with Gasteiger partial charge in [-0.05, 0) is 64.6 Å². The number of rotatable bonds is 40. The molecule has 0 fully saturated rings. The molecule has 0 rings (SSSR count). The van der Waals surface area contributed by atoms with Gasteiger partial charge in [0.25, 0.3) is 0 Å². The van der Waals surface area contributed by atoms with Gasteiger partial charge in [0, 0.05) is 25.7 Å². The second-order valence-electron chi connectivity index (χ2n) is 16.9. The van der Waals surface area contributed by atoms with Crippen molar-refractivity contribution in [3.63, 3.8) is 0 Å². The number of unbranched alkanes of at least 4 members (excludes halogenated alkanes) is 14. The zero-order chi connectivity index (χ0) is 41.7. The first-order chi connectivity index (χ1) is 27.1. The van der Waals surface area contributed by atoms with Gasteiger partial charge in [-0.15, -0.1) is 0 Å². The van der Waals surface area contributed by atoms with Crippen LogP contribution in [-0.2, 0) is 38.1 Å². The highest BCUT2D eigenvalue weighted by molar-refractivity contribution is 5.71. The second-order valence-corrected chi connectivity index (χ2v) is 16.9. The summed E-state index contributed by atoms with van der Waals surface area (Å²) < 4.78 is 23.4. The van der Waals surface area contributed by atoms with Crippen molar-refractivity contribution < 1.29 is 38.1 Å². The maximum atomic E-state index is 13.5. The van der Waals surface area contributed by atoms with Crippen molar-refractivity contribution >= 4 is 23.9 Å². The van der Waals surface area contributed by atoms with E-state index in [1.165, 1.54) is 44.9 Å². The van der Waals surface area contributed by atoms with Gasteiger partial charge in [-0.2, -0.15) is 0 Å². The van der Waals surface area contributed by atoms with Crippen molar-refractivity contribution in [2.45, 2.75) is 214 Å². The van der Waals surface area contributed by atoms with Gasteiger partial charge >= 0.3 is 23.9 Å². The smallest absolute Gasteiger partial charge is 0.305 e. The van der Waals surface area contributed by atoms with E-state index in [2.05, 4.69) is 39.5 Å². The minimum absolute atomic E-state index is 0.176. The molecule has 0 aliphatic rings. The second kappa shape index (κ2) is 37.1. The van der Waals surface area contributed by atoms with E-state index < -0.39 is 5.41 Å². The standard InChI is InChI=1S/C47H89NO8/c1-8-13-18-20-22-25-32-44(50)54-38-47(37-53-43(49)31-24-21-19-14-9-2,39-55-45(51)33-26-23-27-36-48(6)7)40-56-46(52)35-34-42(30-17-12-5)41(28-15-10-3)29-16-11-4/h41-42H,8-40H2,1-7H3. The maximum Gasteiger partial charge on any atom is 0.305 e. The van der Waals surface area contributed by atoms with Crippen molar-refractivity contribution in [3.05, 3.63) is 0 Å². The van der Waals surface area contributed by atoms with Crippen molar-refractivity contribution in [1.82, 2.24) is 4.90 Å². The van der Waals surface area contributed by atoms with Gasteiger partial charge in [-0.3, -0.25) is 19.2 Å². The van der Waals surface area contributed by atoms with E-state index >= 15 is 0 Å². The number of hydrogen-bond donors (Lipinski definition) is 0. The average molecular weight is 796 g/mol. The van der Waals surface area contributed by atoms with Crippen LogP contribution >= 0.6 is 0 Å². The molecular formula is C47H89NO8. The molecule has 2 unspecified atom stereocenters. The molecule has 2 atom stereocenters. The van der Waals surface area contributed by atoms with Crippen LogP contribution < -0.4 is 0 Å². The minimum Gasteiger partial charge on any atom is -0.465 e. The molecule has 0 aromatic heterocycles. The highest BCUT2D eigenvalue weighted by Crippen LogP contribution is 2.32. The molecule has 0 aliphatic carbocycles. The van der Waals surface area contributed by atoms with Crippen LogP contribution in [0.1, 0.15) is 214 Å². The Bertz CT molecular complexity index is 964. The molecule has 0 aromatic rings. The Morgan fingerprint density at radius 1 is 0.393 bits per heavy atom. The summed E-state index contributed by atoms with van der Waals surface area (Å²) in [4.78, 5) is 54.6. The van der Waals surface area contributed by atoms with Crippen LogP contribution in [0.4, 0.5) is 0 Å². The van der Waals surface area contributed by atoms with Gasteiger partial charge in [-0.25, -0.2) is 0 Å². The van der Waals surface area contributed by atoms with Crippen LogP contribution in [0, 0.1) is 17.3 Å². The predicted molar refractivity (Wildman–Crippen MR) is 229 cm³/mol. The third-order valence-corrected chi connectivity index (χ3v) is 11.0. The van der Waals surface area contributed by atoms with Gasteiger partial charge in [0.05, 0.1) is 0 Å². The number of carbonyl (C=O) groups excluding carboxylic acids is 4. The first kappa shape index (κ1) is 53.8. The largest absolute Gasteiger partial charge is 0.465 e. The van der Waals surface area contributed by atoms with Crippen LogP contribution in [0.5, 0.6) is 0 Å². The number of esters is 4.